The van der Waals surface area contributed by atoms with Gasteiger partial charge in [0, 0.05) is 48.3 Å². The van der Waals surface area contributed by atoms with Crippen molar-refractivity contribution >= 4 is 49.7 Å². The van der Waals surface area contributed by atoms with Gasteiger partial charge in [-0.3, -0.25) is 9.69 Å². The van der Waals surface area contributed by atoms with E-state index in [2.05, 4.69) is 72.3 Å². The summed E-state index contributed by atoms with van der Waals surface area (Å²) in [6, 6.07) is 21.5. The molecule has 2 aliphatic heterocycles. The van der Waals surface area contributed by atoms with Crippen molar-refractivity contribution in [1.29, 1.82) is 0 Å². The molecule has 0 unspecified atom stereocenters. The van der Waals surface area contributed by atoms with E-state index in [-0.39, 0.29) is 11.7 Å². The van der Waals surface area contributed by atoms with E-state index < -0.39 is 0 Å². The zero-order valence-corrected chi connectivity index (χ0v) is 21.7. The van der Waals surface area contributed by atoms with Gasteiger partial charge >= 0.3 is 0 Å². The van der Waals surface area contributed by atoms with Crippen LogP contribution in [0.4, 0.5) is 21.5 Å². The molecule has 1 saturated heterocycles. The van der Waals surface area contributed by atoms with Gasteiger partial charge < -0.3 is 10.2 Å². The number of hydrogen-bond acceptors (Lipinski definition) is 3. The van der Waals surface area contributed by atoms with Crippen LogP contribution in [0.3, 0.4) is 0 Å². The van der Waals surface area contributed by atoms with E-state index in [1.807, 2.05) is 12.1 Å². The second-order valence-corrected chi connectivity index (χ2v) is 10.5. The molecule has 0 spiro atoms. The highest BCUT2D eigenvalue weighted by Crippen LogP contribution is 2.38. The number of nitrogens with zero attached hydrogens (tertiary/aromatic N) is 3. The molecule has 1 amide bonds. The minimum atomic E-state index is -0.326. The van der Waals surface area contributed by atoms with E-state index in [9.17, 15) is 9.18 Å². The predicted molar refractivity (Wildman–Crippen MR) is 149 cm³/mol. The molecule has 2 heterocycles. The first-order valence-electron chi connectivity index (χ1n) is 12.3. The zero-order chi connectivity index (χ0) is 25.5. The second-order valence-electron chi connectivity index (χ2n) is 9.61. The lowest BCUT2D eigenvalue weighted by molar-refractivity contribution is 0.103. The summed E-state index contributed by atoms with van der Waals surface area (Å²) < 4.78 is 15.3. The maximum absolute atomic E-state index is 14.4. The highest BCUT2D eigenvalue weighted by atomic mass is 79.9. The molecule has 7 heteroatoms. The number of nitrogens with one attached hydrogen (secondary N) is 1. The van der Waals surface area contributed by atoms with E-state index in [1.54, 1.807) is 12.1 Å². The third kappa shape index (κ3) is 4.59. The smallest absolute Gasteiger partial charge is 0.256 e. The third-order valence-corrected chi connectivity index (χ3v) is 7.72. The number of hydrogen-bond donors (Lipinski definition) is 1. The molecule has 6 rings (SSSR count). The molecule has 0 aliphatic carbocycles. The van der Waals surface area contributed by atoms with E-state index in [0.717, 1.165) is 65.6 Å². The Balaban J connectivity index is 1.11. The second kappa shape index (κ2) is 9.62. The molecule has 0 aromatic heterocycles. The Hall–Kier alpha value is -3.73. The number of halogens is 2. The van der Waals surface area contributed by atoms with Crippen LogP contribution in [-0.2, 0) is 13.0 Å². The van der Waals surface area contributed by atoms with Crippen molar-refractivity contribution in [1.82, 2.24) is 4.90 Å². The Morgan fingerprint density at radius 3 is 2.43 bits per heavy atom. The first-order valence-corrected chi connectivity index (χ1v) is 13.1. The molecule has 0 radical (unpaired) electrons. The topological polar surface area (TPSA) is 39.9 Å². The first-order chi connectivity index (χ1) is 18.0. The molecule has 0 atom stereocenters. The largest absolute Gasteiger partial charge is 0.367 e. The quantitative estimate of drug-likeness (QED) is 0.277. The lowest BCUT2D eigenvalue weighted by Crippen LogP contribution is -2.46. The SMILES string of the molecule is [C-]#[N+]c1ccc(N2CCN(Cc3ccc(Cc4ccc5c6c(cc(Br)cc46)C(=O)N5)cc3)CC2)c(F)c1. The van der Waals surface area contributed by atoms with Gasteiger partial charge in [0.1, 0.15) is 5.82 Å². The van der Waals surface area contributed by atoms with Gasteiger partial charge in [-0.25, -0.2) is 9.24 Å². The normalized spacial score (nSPS) is 15.2. The molecule has 1 N–H and O–H groups in total. The van der Waals surface area contributed by atoms with Crippen LogP contribution in [0, 0.1) is 12.4 Å². The summed E-state index contributed by atoms with van der Waals surface area (Å²) in [6.45, 7) is 11.1. The lowest BCUT2D eigenvalue weighted by atomic mass is 9.95. The van der Waals surface area contributed by atoms with Gasteiger partial charge in [0.15, 0.2) is 5.69 Å². The van der Waals surface area contributed by atoms with Crippen LogP contribution in [0.1, 0.15) is 27.0 Å². The van der Waals surface area contributed by atoms with Gasteiger partial charge in [0.2, 0.25) is 0 Å². The van der Waals surface area contributed by atoms with Crippen molar-refractivity contribution in [3.05, 3.63) is 111 Å². The summed E-state index contributed by atoms with van der Waals surface area (Å²) in [7, 11) is 0. The van der Waals surface area contributed by atoms with Crippen molar-refractivity contribution in [2.24, 2.45) is 0 Å². The number of amides is 1. The Morgan fingerprint density at radius 1 is 0.946 bits per heavy atom. The maximum Gasteiger partial charge on any atom is 0.256 e. The van der Waals surface area contributed by atoms with Gasteiger partial charge in [-0.2, -0.15) is 0 Å². The van der Waals surface area contributed by atoms with Crippen LogP contribution in [0.25, 0.3) is 15.6 Å². The summed E-state index contributed by atoms with van der Waals surface area (Å²) in [6.07, 6.45) is 0.789. The van der Waals surface area contributed by atoms with Crippen LogP contribution in [0.5, 0.6) is 0 Å². The van der Waals surface area contributed by atoms with Crippen molar-refractivity contribution in [3.8, 4) is 0 Å². The molecule has 5 nitrogen and oxygen atoms in total. The average molecular weight is 555 g/mol. The fourth-order valence-electron chi connectivity index (χ4n) is 5.34. The van der Waals surface area contributed by atoms with Crippen molar-refractivity contribution < 1.29 is 9.18 Å². The Kier molecular flexibility index (Phi) is 6.15. The molecule has 184 valence electrons. The fraction of sp³-hybridized carbons (Fsp3) is 0.200. The van der Waals surface area contributed by atoms with Gasteiger partial charge in [0.25, 0.3) is 5.91 Å². The zero-order valence-electron chi connectivity index (χ0n) is 20.1. The molecule has 4 aromatic rings. The van der Waals surface area contributed by atoms with Gasteiger partial charge in [-0.1, -0.05) is 52.3 Å². The van der Waals surface area contributed by atoms with Crippen molar-refractivity contribution in [3.63, 3.8) is 0 Å². The third-order valence-electron chi connectivity index (χ3n) is 7.26. The van der Waals surface area contributed by atoms with Crippen LogP contribution >= 0.6 is 15.9 Å². The number of carbonyl (C=O) groups is 1. The fourth-order valence-corrected chi connectivity index (χ4v) is 5.80. The van der Waals surface area contributed by atoms with Gasteiger partial charge in [-0.05, 0) is 58.8 Å². The molecule has 1 fully saturated rings. The Bertz CT molecular complexity index is 1570. The monoisotopic (exact) mass is 554 g/mol. The molecule has 37 heavy (non-hydrogen) atoms. The highest BCUT2D eigenvalue weighted by Gasteiger charge is 2.23. The van der Waals surface area contributed by atoms with Crippen molar-refractivity contribution in [2.45, 2.75) is 13.0 Å². The minimum Gasteiger partial charge on any atom is -0.367 e. The van der Waals surface area contributed by atoms with Crippen LogP contribution in [0.2, 0.25) is 0 Å². The predicted octanol–water partition coefficient (Wildman–Crippen LogP) is 6.77. The van der Waals surface area contributed by atoms with E-state index in [1.165, 1.54) is 22.8 Å². The summed E-state index contributed by atoms with van der Waals surface area (Å²) in [5.41, 5.74) is 6.18. The van der Waals surface area contributed by atoms with E-state index >= 15 is 0 Å². The summed E-state index contributed by atoms with van der Waals surface area (Å²) in [5.74, 6) is -0.375. The number of carbonyl (C=O) groups excluding carboxylic acids is 1. The van der Waals surface area contributed by atoms with Crippen LogP contribution < -0.4 is 10.2 Å². The standard InChI is InChI=1S/C30H24BrFN4O/c1-33-23-7-9-28(26(32)17-23)36-12-10-35(11-13-36)18-20-4-2-19(3-5-20)14-21-6-8-27-29-24(21)15-22(31)16-25(29)30(37)34-27/h2-9,15-17H,10-14,18H2,(H,34,37). The van der Waals surface area contributed by atoms with Gasteiger partial charge in [0.05, 0.1) is 17.8 Å². The Labute approximate surface area is 223 Å². The summed E-state index contributed by atoms with van der Waals surface area (Å²) in [5, 5.41) is 5.06. The number of benzene rings is 4. The summed E-state index contributed by atoms with van der Waals surface area (Å²) in [4.78, 5) is 20.1. The van der Waals surface area contributed by atoms with E-state index in [4.69, 9.17) is 6.57 Å². The van der Waals surface area contributed by atoms with Gasteiger partial charge in [-0.15, -0.1) is 0 Å². The molecule has 2 aliphatic rings. The summed E-state index contributed by atoms with van der Waals surface area (Å²) >= 11 is 3.56. The molecular formula is C30H24BrFN4O. The van der Waals surface area contributed by atoms with E-state index in [0.29, 0.717) is 11.4 Å². The Morgan fingerprint density at radius 2 is 1.70 bits per heavy atom. The molecule has 0 bridgehead atoms. The average Bonchev–Trinajstić information content (AvgIpc) is 3.23. The number of piperazine rings is 1. The number of rotatable bonds is 5. The number of anilines is 2. The van der Waals surface area contributed by atoms with Crippen LogP contribution in [-0.4, -0.2) is 37.0 Å². The maximum atomic E-state index is 14.4. The highest BCUT2D eigenvalue weighted by molar-refractivity contribution is 9.10. The minimum absolute atomic E-state index is 0.0493. The lowest BCUT2D eigenvalue weighted by Gasteiger charge is -2.36. The van der Waals surface area contributed by atoms with Crippen molar-refractivity contribution in [2.75, 3.05) is 36.4 Å². The molecule has 0 saturated carbocycles. The van der Waals surface area contributed by atoms with Crippen LogP contribution in [0.15, 0.2) is 71.2 Å². The molecule has 4 aromatic carbocycles. The molecular weight excluding hydrogens is 531 g/mol. The first kappa shape index (κ1) is 23.7.